The Hall–Kier alpha value is -1.59. The van der Waals surface area contributed by atoms with Gasteiger partial charge in [0.2, 0.25) is 0 Å². The molecule has 1 aliphatic rings. The highest BCUT2D eigenvalue weighted by Crippen LogP contribution is 2.12. The van der Waals surface area contributed by atoms with Crippen LogP contribution in [0.4, 0.5) is 5.82 Å². The van der Waals surface area contributed by atoms with Crippen LogP contribution in [0.5, 0.6) is 0 Å². The lowest BCUT2D eigenvalue weighted by Gasteiger charge is -2.25. The van der Waals surface area contributed by atoms with E-state index in [0.29, 0.717) is 0 Å². The van der Waals surface area contributed by atoms with Crippen molar-refractivity contribution in [2.45, 2.75) is 6.54 Å². The van der Waals surface area contributed by atoms with Crippen LogP contribution in [0.1, 0.15) is 5.69 Å². The Morgan fingerprint density at radius 1 is 1.29 bits per heavy atom. The molecule has 17 heavy (non-hydrogen) atoms. The maximum atomic E-state index is 5.89. The average molecular weight is 232 g/mol. The molecule has 0 atom stereocenters. The molecule has 0 aromatic carbocycles. The van der Waals surface area contributed by atoms with Crippen molar-refractivity contribution in [2.24, 2.45) is 0 Å². The molecule has 1 saturated heterocycles. The minimum Gasteiger partial charge on any atom is -0.385 e. The summed E-state index contributed by atoms with van der Waals surface area (Å²) < 4.78 is 7.25. The van der Waals surface area contributed by atoms with Crippen LogP contribution in [0.3, 0.4) is 0 Å². The number of fused-ring (bicyclic) bond motifs is 1. The summed E-state index contributed by atoms with van der Waals surface area (Å²) in [4.78, 5) is 6.92. The molecule has 0 unspecified atom stereocenters. The van der Waals surface area contributed by atoms with Gasteiger partial charge in [0.25, 0.3) is 0 Å². The van der Waals surface area contributed by atoms with Gasteiger partial charge in [-0.3, -0.25) is 9.30 Å². The second kappa shape index (κ2) is 4.35. The Morgan fingerprint density at radius 3 is 2.88 bits per heavy atom. The number of rotatable bonds is 2. The van der Waals surface area contributed by atoms with Crippen LogP contribution in [0.25, 0.3) is 5.65 Å². The first-order valence-electron chi connectivity index (χ1n) is 5.85. The third-order valence-electron chi connectivity index (χ3n) is 3.06. The summed E-state index contributed by atoms with van der Waals surface area (Å²) in [6.45, 7) is 4.45. The number of nitrogen functional groups attached to an aromatic ring is 1. The van der Waals surface area contributed by atoms with Crippen LogP contribution >= 0.6 is 0 Å². The van der Waals surface area contributed by atoms with E-state index in [9.17, 15) is 0 Å². The van der Waals surface area contributed by atoms with Crippen molar-refractivity contribution in [1.29, 1.82) is 0 Å². The number of morpholine rings is 1. The van der Waals surface area contributed by atoms with Gasteiger partial charge in [0.15, 0.2) is 0 Å². The topological polar surface area (TPSA) is 55.8 Å². The van der Waals surface area contributed by atoms with Gasteiger partial charge >= 0.3 is 0 Å². The minimum atomic E-state index is 0.725. The molecule has 1 aliphatic heterocycles. The van der Waals surface area contributed by atoms with Crippen molar-refractivity contribution in [1.82, 2.24) is 14.3 Å². The van der Waals surface area contributed by atoms with Crippen molar-refractivity contribution in [3.05, 3.63) is 30.1 Å². The molecular formula is C12H16N4O. The Labute approximate surface area is 99.8 Å². The van der Waals surface area contributed by atoms with Crippen molar-refractivity contribution in [2.75, 3.05) is 32.0 Å². The first kappa shape index (κ1) is 10.6. The van der Waals surface area contributed by atoms with Gasteiger partial charge in [-0.25, -0.2) is 4.98 Å². The summed E-state index contributed by atoms with van der Waals surface area (Å²) in [6, 6.07) is 5.78. The number of ether oxygens (including phenoxy) is 1. The highest BCUT2D eigenvalue weighted by molar-refractivity contribution is 5.48. The summed E-state index contributed by atoms with van der Waals surface area (Å²) in [5, 5.41) is 0. The predicted octanol–water partition coefficient (Wildman–Crippen LogP) is 0.749. The molecule has 2 aromatic rings. The van der Waals surface area contributed by atoms with Crippen LogP contribution in [0, 0.1) is 0 Å². The molecule has 0 bridgehead atoms. The van der Waals surface area contributed by atoms with E-state index < -0.39 is 0 Å². The minimum absolute atomic E-state index is 0.725. The highest BCUT2D eigenvalue weighted by atomic mass is 16.5. The molecule has 2 N–H and O–H groups in total. The van der Waals surface area contributed by atoms with Crippen LogP contribution < -0.4 is 5.73 Å². The molecule has 0 amide bonds. The number of pyridine rings is 1. The van der Waals surface area contributed by atoms with Crippen molar-refractivity contribution in [3.63, 3.8) is 0 Å². The van der Waals surface area contributed by atoms with Gasteiger partial charge in [-0.15, -0.1) is 0 Å². The van der Waals surface area contributed by atoms with E-state index in [1.54, 1.807) is 0 Å². The molecule has 2 aromatic heterocycles. The first-order chi connectivity index (χ1) is 8.33. The number of nitrogens with zero attached hydrogens (tertiary/aromatic N) is 3. The Bertz CT molecular complexity index is 516. The largest absolute Gasteiger partial charge is 0.385 e. The van der Waals surface area contributed by atoms with Gasteiger partial charge < -0.3 is 10.5 Å². The van der Waals surface area contributed by atoms with Crippen LogP contribution in [-0.4, -0.2) is 40.6 Å². The van der Waals surface area contributed by atoms with Gasteiger partial charge in [0.1, 0.15) is 11.5 Å². The summed E-state index contributed by atoms with van der Waals surface area (Å²) in [5.74, 6) is 0.725. The normalized spacial score (nSPS) is 17.6. The fourth-order valence-electron chi connectivity index (χ4n) is 2.15. The number of hydrogen-bond donors (Lipinski definition) is 1. The molecule has 3 heterocycles. The van der Waals surface area contributed by atoms with Gasteiger partial charge in [-0.1, -0.05) is 6.07 Å². The molecule has 0 spiro atoms. The van der Waals surface area contributed by atoms with E-state index in [4.69, 9.17) is 10.5 Å². The third-order valence-corrected chi connectivity index (χ3v) is 3.06. The van der Waals surface area contributed by atoms with Crippen LogP contribution in [0.15, 0.2) is 24.4 Å². The van der Waals surface area contributed by atoms with E-state index in [2.05, 4.69) is 9.88 Å². The maximum absolute atomic E-state index is 5.89. The van der Waals surface area contributed by atoms with Crippen LogP contribution in [0.2, 0.25) is 0 Å². The number of nitrogens with two attached hydrogens (primary N) is 1. The summed E-state index contributed by atoms with van der Waals surface area (Å²) in [5.41, 5.74) is 7.86. The second-order valence-electron chi connectivity index (χ2n) is 4.30. The SMILES string of the molecule is Nc1cccc2nc(CN3CCOCC3)cn12. The molecule has 5 nitrogen and oxygen atoms in total. The van der Waals surface area contributed by atoms with Crippen molar-refractivity contribution < 1.29 is 4.74 Å². The average Bonchev–Trinajstić information content (AvgIpc) is 2.74. The van der Waals surface area contributed by atoms with Crippen molar-refractivity contribution >= 4 is 11.5 Å². The smallest absolute Gasteiger partial charge is 0.138 e. The monoisotopic (exact) mass is 232 g/mol. The Balaban J connectivity index is 1.83. The lowest BCUT2D eigenvalue weighted by atomic mass is 10.3. The van der Waals surface area contributed by atoms with Gasteiger partial charge in [-0.2, -0.15) is 0 Å². The van der Waals surface area contributed by atoms with Gasteiger partial charge in [0.05, 0.1) is 18.9 Å². The highest BCUT2D eigenvalue weighted by Gasteiger charge is 2.12. The van der Waals surface area contributed by atoms with E-state index in [1.807, 2.05) is 28.8 Å². The molecular weight excluding hydrogens is 216 g/mol. The first-order valence-corrected chi connectivity index (χ1v) is 5.85. The van der Waals surface area contributed by atoms with E-state index >= 15 is 0 Å². The molecule has 0 radical (unpaired) electrons. The predicted molar refractivity (Wildman–Crippen MR) is 65.7 cm³/mol. The number of hydrogen-bond acceptors (Lipinski definition) is 4. The molecule has 3 rings (SSSR count). The van der Waals surface area contributed by atoms with E-state index in [0.717, 1.165) is 50.0 Å². The summed E-state index contributed by atoms with van der Waals surface area (Å²) in [7, 11) is 0. The lowest BCUT2D eigenvalue weighted by Crippen LogP contribution is -2.35. The van der Waals surface area contributed by atoms with E-state index in [-0.39, 0.29) is 0 Å². The zero-order chi connectivity index (χ0) is 11.7. The van der Waals surface area contributed by atoms with E-state index in [1.165, 1.54) is 0 Å². The molecule has 0 aliphatic carbocycles. The zero-order valence-electron chi connectivity index (χ0n) is 9.67. The maximum Gasteiger partial charge on any atom is 0.138 e. The molecule has 0 saturated carbocycles. The number of imidazole rings is 1. The fraction of sp³-hybridized carbons (Fsp3) is 0.417. The quantitative estimate of drug-likeness (QED) is 0.830. The lowest BCUT2D eigenvalue weighted by molar-refractivity contribution is 0.0337. The van der Waals surface area contributed by atoms with Crippen LogP contribution in [-0.2, 0) is 11.3 Å². The molecule has 1 fully saturated rings. The second-order valence-corrected chi connectivity index (χ2v) is 4.30. The summed E-state index contributed by atoms with van der Waals surface area (Å²) >= 11 is 0. The Morgan fingerprint density at radius 2 is 2.12 bits per heavy atom. The fourth-order valence-corrected chi connectivity index (χ4v) is 2.15. The molecule has 90 valence electrons. The summed E-state index contributed by atoms with van der Waals surface area (Å²) in [6.07, 6.45) is 2.01. The third kappa shape index (κ3) is 2.11. The van der Waals surface area contributed by atoms with Gasteiger partial charge in [-0.05, 0) is 12.1 Å². The van der Waals surface area contributed by atoms with Crippen molar-refractivity contribution in [3.8, 4) is 0 Å². The number of anilines is 1. The standard InChI is InChI=1S/C12H16N4O/c13-11-2-1-3-12-14-10(9-16(11)12)8-15-4-6-17-7-5-15/h1-3,9H,4-8,13H2. The Kier molecular flexibility index (Phi) is 2.70. The van der Waals surface area contributed by atoms with Gasteiger partial charge in [0, 0.05) is 25.8 Å². The molecule has 5 heteroatoms. The zero-order valence-corrected chi connectivity index (χ0v) is 9.67. The number of aromatic nitrogens is 2.